The van der Waals surface area contributed by atoms with Crippen molar-refractivity contribution in [3.05, 3.63) is 89.9 Å². The maximum absolute atomic E-state index is 12.8. The van der Waals surface area contributed by atoms with Gasteiger partial charge in [0.1, 0.15) is 17.5 Å². The fourth-order valence-corrected chi connectivity index (χ4v) is 3.45. The van der Waals surface area contributed by atoms with Crippen molar-refractivity contribution in [3.63, 3.8) is 0 Å². The van der Waals surface area contributed by atoms with Crippen LogP contribution in [0.25, 0.3) is 22.3 Å². The molecule has 3 heterocycles. The van der Waals surface area contributed by atoms with Crippen LogP contribution in [0.4, 0.5) is 11.9 Å². The van der Waals surface area contributed by atoms with Gasteiger partial charge < -0.3 is 9.97 Å². The molecule has 0 aliphatic heterocycles. The molecule has 0 atom stereocenters. The molecule has 4 N–H and O–H groups in total. The topological polar surface area (TPSA) is 146 Å². The normalized spacial score (nSPS) is 10.7. The molecule has 5 rings (SSSR count). The lowest BCUT2D eigenvalue weighted by molar-refractivity contribution is 0.101. The number of carbonyl (C=O) groups is 3. The molecule has 0 saturated heterocycles. The second-order valence-corrected chi connectivity index (χ2v) is 7.28. The number of para-hydroxylation sites is 1. The maximum Gasteiger partial charge on any atom is 0.276 e. The van der Waals surface area contributed by atoms with Crippen LogP contribution in [-0.4, -0.2) is 43.0 Å². The highest BCUT2D eigenvalue weighted by Crippen LogP contribution is 2.21. The largest absolute Gasteiger partial charge is 0.331 e. The quantitative estimate of drug-likeness (QED) is 0.290. The van der Waals surface area contributed by atoms with Gasteiger partial charge in [0.05, 0.1) is 16.8 Å². The lowest BCUT2D eigenvalue weighted by Crippen LogP contribution is -2.15. The first kappa shape index (κ1) is 20.8. The van der Waals surface area contributed by atoms with Gasteiger partial charge in [0.15, 0.2) is 0 Å². The second-order valence-electron chi connectivity index (χ2n) is 7.28. The number of rotatable bonds is 6. The third kappa shape index (κ3) is 4.15. The molecular weight excluding hydrogens is 434 g/mol. The lowest BCUT2D eigenvalue weighted by Gasteiger charge is -2.05. The van der Waals surface area contributed by atoms with Crippen molar-refractivity contribution in [2.45, 2.75) is 0 Å². The van der Waals surface area contributed by atoms with Crippen LogP contribution in [0.1, 0.15) is 31.2 Å². The lowest BCUT2D eigenvalue weighted by atomic mass is 10.1. The number of hydrogen-bond acceptors (Lipinski definition) is 6. The van der Waals surface area contributed by atoms with Gasteiger partial charge in [-0.2, -0.15) is 0 Å². The Balaban J connectivity index is 1.39. The summed E-state index contributed by atoms with van der Waals surface area (Å²) in [6.07, 6.45) is 3.88. The van der Waals surface area contributed by atoms with E-state index in [9.17, 15) is 14.4 Å². The summed E-state index contributed by atoms with van der Waals surface area (Å²) >= 11 is 0. The van der Waals surface area contributed by atoms with E-state index >= 15 is 0 Å². The first-order chi connectivity index (χ1) is 16.6. The minimum absolute atomic E-state index is 0.172. The third-order valence-electron chi connectivity index (χ3n) is 5.02. The van der Waals surface area contributed by atoms with Crippen molar-refractivity contribution in [1.82, 2.24) is 24.9 Å². The molecule has 0 saturated carbocycles. The SMILES string of the molecule is O=Cc1cccc(-c2cccc(C(=O)Nc3nc4c(C(=O)Nc5ncc[nH]5)cccc4[nH]3)n2)c1. The number of aldehydes is 1. The number of anilines is 2. The van der Waals surface area contributed by atoms with Crippen molar-refractivity contribution >= 4 is 41.0 Å². The third-order valence-corrected chi connectivity index (χ3v) is 5.02. The smallest absolute Gasteiger partial charge is 0.276 e. The van der Waals surface area contributed by atoms with Crippen LogP contribution in [0.3, 0.4) is 0 Å². The van der Waals surface area contributed by atoms with E-state index in [0.717, 1.165) is 11.8 Å². The fraction of sp³-hybridized carbons (Fsp3) is 0. The molecule has 0 bridgehead atoms. The van der Waals surface area contributed by atoms with Gasteiger partial charge >= 0.3 is 0 Å². The Morgan fingerprint density at radius 3 is 2.53 bits per heavy atom. The van der Waals surface area contributed by atoms with E-state index in [0.29, 0.717) is 33.8 Å². The highest BCUT2D eigenvalue weighted by atomic mass is 16.2. The molecule has 10 nitrogen and oxygen atoms in total. The number of benzene rings is 2. The van der Waals surface area contributed by atoms with Gasteiger partial charge in [0, 0.05) is 23.5 Å². The molecule has 10 heteroatoms. The number of aromatic amines is 2. The summed E-state index contributed by atoms with van der Waals surface area (Å²) in [5.41, 5.74) is 3.26. The van der Waals surface area contributed by atoms with Crippen molar-refractivity contribution in [3.8, 4) is 11.3 Å². The Bertz CT molecular complexity index is 1520. The molecule has 2 aromatic carbocycles. The monoisotopic (exact) mass is 451 g/mol. The molecule has 3 aromatic heterocycles. The van der Waals surface area contributed by atoms with E-state index in [1.54, 1.807) is 60.8 Å². The Kier molecular flexibility index (Phi) is 5.37. The van der Waals surface area contributed by atoms with Gasteiger partial charge in [-0.25, -0.2) is 15.0 Å². The van der Waals surface area contributed by atoms with E-state index in [1.807, 2.05) is 6.07 Å². The minimum atomic E-state index is -0.478. The van der Waals surface area contributed by atoms with E-state index < -0.39 is 11.8 Å². The number of amides is 2. The van der Waals surface area contributed by atoms with Crippen molar-refractivity contribution < 1.29 is 14.4 Å². The summed E-state index contributed by atoms with van der Waals surface area (Å²) in [5, 5.41) is 5.34. The van der Waals surface area contributed by atoms with Crippen molar-refractivity contribution in [2.75, 3.05) is 10.6 Å². The average Bonchev–Trinajstić information content (AvgIpc) is 3.53. The predicted molar refractivity (Wildman–Crippen MR) is 126 cm³/mol. The minimum Gasteiger partial charge on any atom is -0.331 e. The molecule has 0 unspecified atom stereocenters. The Hall–Kier alpha value is -5.12. The van der Waals surface area contributed by atoms with Gasteiger partial charge in [0.2, 0.25) is 11.9 Å². The number of nitrogens with zero attached hydrogens (tertiary/aromatic N) is 3. The zero-order valence-corrected chi connectivity index (χ0v) is 17.6. The molecule has 0 fully saturated rings. The van der Waals surface area contributed by atoms with Crippen LogP contribution in [0.2, 0.25) is 0 Å². The standard InChI is InChI=1S/C24H17N7O3/c32-13-14-4-1-5-15(12-14)17-7-3-9-19(27-17)22(34)31-24-28-18-8-2-6-16(20(18)29-24)21(33)30-23-25-10-11-26-23/h1-13H,(H2,25,26,30,33)(H2,28,29,31,34). The van der Waals surface area contributed by atoms with E-state index in [4.69, 9.17) is 0 Å². The first-order valence-corrected chi connectivity index (χ1v) is 10.2. The summed E-state index contributed by atoms with van der Waals surface area (Å²) in [5.74, 6) is -0.380. The summed E-state index contributed by atoms with van der Waals surface area (Å²) < 4.78 is 0. The highest BCUT2D eigenvalue weighted by molar-refractivity contribution is 6.11. The van der Waals surface area contributed by atoms with Gasteiger partial charge in [-0.15, -0.1) is 0 Å². The number of pyridine rings is 1. The highest BCUT2D eigenvalue weighted by Gasteiger charge is 2.17. The van der Waals surface area contributed by atoms with Crippen LogP contribution in [-0.2, 0) is 0 Å². The number of nitrogens with one attached hydrogen (secondary N) is 4. The van der Waals surface area contributed by atoms with E-state index in [1.165, 1.54) is 6.20 Å². The van der Waals surface area contributed by atoms with Crippen LogP contribution >= 0.6 is 0 Å². The Labute approximate surface area is 192 Å². The van der Waals surface area contributed by atoms with Gasteiger partial charge in [0.25, 0.3) is 11.8 Å². The van der Waals surface area contributed by atoms with Gasteiger partial charge in [-0.05, 0) is 30.3 Å². The van der Waals surface area contributed by atoms with Gasteiger partial charge in [-0.3, -0.25) is 25.0 Å². The molecular formula is C24H17N7O3. The zero-order chi connectivity index (χ0) is 23.5. The number of hydrogen-bond donors (Lipinski definition) is 4. The molecule has 2 amide bonds. The molecule has 5 aromatic rings. The molecule has 0 aliphatic rings. The van der Waals surface area contributed by atoms with Crippen LogP contribution < -0.4 is 10.6 Å². The average molecular weight is 451 g/mol. The summed E-state index contributed by atoms with van der Waals surface area (Å²) in [7, 11) is 0. The Morgan fingerprint density at radius 1 is 0.882 bits per heavy atom. The van der Waals surface area contributed by atoms with Gasteiger partial charge in [-0.1, -0.05) is 30.3 Å². The fourth-order valence-electron chi connectivity index (χ4n) is 3.45. The van der Waals surface area contributed by atoms with E-state index in [2.05, 4.69) is 35.6 Å². The number of fused-ring (bicyclic) bond motifs is 1. The number of imidazole rings is 2. The van der Waals surface area contributed by atoms with Crippen LogP contribution in [0.15, 0.2) is 73.1 Å². The summed E-state index contributed by atoms with van der Waals surface area (Å²) in [4.78, 5) is 55.1. The summed E-state index contributed by atoms with van der Waals surface area (Å²) in [6.45, 7) is 0. The first-order valence-electron chi connectivity index (χ1n) is 10.2. The van der Waals surface area contributed by atoms with Crippen LogP contribution in [0, 0.1) is 0 Å². The van der Waals surface area contributed by atoms with Crippen molar-refractivity contribution in [1.29, 1.82) is 0 Å². The van der Waals surface area contributed by atoms with Crippen molar-refractivity contribution in [2.24, 2.45) is 0 Å². The van der Waals surface area contributed by atoms with E-state index in [-0.39, 0.29) is 11.6 Å². The number of carbonyl (C=O) groups excluding carboxylic acids is 3. The van der Waals surface area contributed by atoms with Crippen LogP contribution in [0.5, 0.6) is 0 Å². The molecule has 0 radical (unpaired) electrons. The molecule has 0 spiro atoms. The number of H-pyrrole nitrogens is 2. The molecule has 34 heavy (non-hydrogen) atoms. The molecule has 0 aliphatic carbocycles. The summed E-state index contributed by atoms with van der Waals surface area (Å²) in [6, 6.07) is 17.1. The zero-order valence-electron chi connectivity index (χ0n) is 17.6. The Morgan fingerprint density at radius 2 is 1.71 bits per heavy atom. The second kappa shape index (κ2) is 8.79. The number of aromatic nitrogens is 5. The maximum atomic E-state index is 12.8. The predicted octanol–water partition coefficient (Wildman–Crippen LogP) is 3.67. The molecule has 166 valence electrons.